The molecule has 0 atom stereocenters. The van der Waals surface area contributed by atoms with Crippen molar-refractivity contribution in [1.82, 2.24) is 14.7 Å². The molecule has 1 aliphatic heterocycles. The maximum Gasteiger partial charge on any atom is 0.259 e. The lowest BCUT2D eigenvalue weighted by atomic mass is 10.1. The average Bonchev–Trinajstić information content (AvgIpc) is 3.56. The van der Waals surface area contributed by atoms with Crippen LogP contribution < -0.4 is 5.32 Å². The molecular weight excluding hydrogens is 460 g/mol. The molecule has 0 aliphatic carbocycles. The van der Waals surface area contributed by atoms with Gasteiger partial charge in [-0.25, -0.2) is 0 Å². The number of amides is 2. The minimum atomic E-state index is -0.270. The van der Waals surface area contributed by atoms with Crippen LogP contribution in [0.2, 0.25) is 5.02 Å². The summed E-state index contributed by atoms with van der Waals surface area (Å²) >= 11 is 6.07. The van der Waals surface area contributed by atoms with Crippen molar-refractivity contribution in [1.29, 1.82) is 0 Å². The quantitative estimate of drug-likeness (QED) is 0.379. The molecule has 0 radical (unpaired) electrons. The van der Waals surface area contributed by atoms with E-state index in [2.05, 4.69) is 5.32 Å². The Morgan fingerprint density at radius 2 is 1.57 bits per heavy atom. The smallest absolute Gasteiger partial charge is 0.259 e. The summed E-state index contributed by atoms with van der Waals surface area (Å²) in [6, 6.07) is 24.3. The Morgan fingerprint density at radius 1 is 0.886 bits per heavy atom. The van der Waals surface area contributed by atoms with Crippen molar-refractivity contribution in [3.8, 4) is 11.3 Å². The van der Waals surface area contributed by atoms with Gasteiger partial charge in [-0.1, -0.05) is 54.1 Å². The number of nitrogens with one attached hydrogen (secondary N) is 1. The maximum atomic E-state index is 13.3. The lowest BCUT2D eigenvalue weighted by Gasteiger charge is -2.15. The van der Waals surface area contributed by atoms with Gasteiger partial charge in [-0.15, -0.1) is 0 Å². The molecule has 0 spiro atoms. The number of benzene rings is 3. The molecule has 0 unspecified atom stereocenters. The van der Waals surface area contributed by atoms with Gasteiger partial charge in [0, 0.05) is 41.1 Å². The predicted molar refractivity (Wildman–Crippen MR) is 138 cm³/mol. The first-order valence-electron chi connectivity index (χ1n) is 11.6. The van der Waals surface area contributed by atoms with E-state index in [-0.39, 0.29) is 11.8 Å². The van der Waals surface area contributed by atoms with Crippen LogP contribution in [0.15, 0.2) is 85.1 Å². The summed E-state index contributed by atoms with van der Waals surface area (Å²) < 4.78 is 1.77. The number of carbonyl (C=O) groups excluding carboxylic acids is 2. The molecule has 3 aromatic carbocycles. The topological polar surface area (TPSA) is 67.2 Å². The molecule has 1 aromatic heterocycles. The first-order chi connectivity index (χ1) is 17.1. The molecule has 7 heteroatoms. The van der Waals surface area contributed by atoms with Crippen LogP contribution in [0.1, 0.15) is 39.1 Å². The molecule has 2 amide bonds. The molecule has 4 aromatic rings. The molecule has 1 saturated heterocycles. The van der Waals surface area contributed by atoms with Gasteiger partial charge in [0.05, 0.1) is 12.1 Å². The lowest BCUT2D eigenvalue weighted by molar-refractivity contribution is 0.0792. The van der Waals surface area contributed by atoms with E-state index in [4.69, 9.17) is 16.7 Å². The molecule has 176 valence electrons. The molecule has 0 saturated carbocycles. The third kappa shape index (κ3) is 5.28. The van der Waals surface area contributed by atoms with Crippen molar-refractivity contribution in [3.05, 3.63) is 107 Å². The van der Waals surface area contributed by atoms with E-state index < -0.39 is 0 Å². The molecule has 6 nitrogen and oxygen atoms in total. The number of halogens is 1. The van der Waals surface area contributed by atoms with Crippen LogP contribution in [0, 0.1) is 0 Å². The Labute approximate surface area is 209 Å². The monoisotopic (exact) mass is 484 g/mol. The van der Waals surface area contributed by atoms with Gasteiger partial charge >= 0.3 is 0 Å². The Morgan fingerprint density at radius 3 is 2.26 bits per heavy atom. The number of anilines is 1. The highest BCUT2D eigenvalue weighted by Gasteiger charge is 2.21. The van der Waals surface area contributed by atoms with Crippen molar-refractivity contribution in [2.24, 2.45) is 0 Å². The van der Waals surface area contributed by atoms with Crippen LogP contribution in [0.25, 0.3) is 11.3 Å². The number of carbonyl (C=O) groups is 2. The minimum absolute atomic E-state index is 0.0348. The summed E-state index contributed by atoms with van der Waals surface area (Å²) in [5, 5.41) is 8.28. The molecule has 2 heterocycles. The van der Waals surface area contributed by atoms with E-state index in [0.29, 0.717) is 34.1 Å². The number of likely N-dealkylation sites (tertiary alicyclic amines) is 1. The summed E-state index contributed by atoms with van der Waals surface area (Å²) in [7, 11) is 0. The fourth-order valence-electron chi connectivity index (χ4n) is 4.26. The van der Waals surface area contributed by atoms with Crippen LogP contribution in [0.4, 0.5) is 5.69 Å². The van der Waals surface area contributed by atoms with Gasteiger partial charge in [-0.3, -0.25) is 14.3 Å². The second-order valence-electron chi connectivity index (χ2n) is 8.61. The highest BCUT2D eigenvalue weighted by molar-refractivity contribution is 6.30. The summed E-state index contributed by atoms with van der Waals surface area (Å²) in [4.78, 5) is 27.8. The molecule has 35 heavy (non-hydrogen) atoms. The van der Waals surface area contributed by atoms with Gasteiger partial charge in [-0.05, 0) is 54.8 Å². The third-order valence-corrected chi connectivity index (χ3v) is 6.35. The summed E-state index contributed by atoms with van der Waals surface area (Å²) in [6.45, 7) is 2.15. The molecular formula is C28H25ClN4O2. The highest BCUT2D eigenvalue weighted by atomic mass is 35.5. The molecule has 1 fully saturated rings. The number of aromatic nitrogens is 2. The number of rotatable bonds is 6. The fraction of sp³-hybridized carbons (Fsp3) is 0.179. The van der Waals surface area contributed by atoms with Crippen molar-refractivity contribution in [2.45, 2.75) is 19.4 Å². The van der Waals surface area contributed by atoms with E-state index >= 15 is 0 Å². The third-order valence-electron chi connectivity index (χ3n) is 6.09. The second kappa shape index (κ2) is 10.2. The first kappa shape index (κ1) is 22.9. The zero-order valence-corrected chi connectivity index (χ0v) is 19.9. The number of hydrogen-bond donors (Lipinski definition) is 1. The average molecular weight is 485 g/mol. The Bertz CT molecular complexity index is 1330. The van der Waals surface area contributed by atoms with E-state index in [0.717, 1.165) is 37.1 Å². The highest BCUT2D eigenvalue weighted by Crippen LogP contribution is 2.25. The van der Waals surface area contributed by atoms with Crippen LogP contribution in [-0.2, 0) is 6.54 Å². The number of hydrogen-bond acceptors (Lipinski definition) is 3. The van der Waals surface area contributed by atoms with Gasteiger partial charge in [0.15, 0.2) is 0 Å². The first-order valence-corrected chi connectivity index (χ1v) is 12.0. The van der Waals surface area contributed by atoms with Crippen LogP contribution in [-0.4, -0.2) is 39.6 Å². The maximum absolute atomic E-state index is 13.3. The van der Waals surface area contributed by atoms with Gasteiger partial charge in [0.2, 0.25) is 0 Å². The lowest BCUT2D eigenvalue weighted by Crippen LogP contribution is -2.27. The van der Waals surface area contributed by atoms with E-state index in [9.17, 15) is 9.59 Å². The second-order valence-corrected chi connectivity index (χ2v) is 9.05. The fourth-order valence-corrected chi connectivity index (χ4v) is 4.38. The zero-order chi connectivity index (χ0) is 24.2. The van der Waals surface area contributed by atoms with Crippen LogP contribution >= 0.6 is 11.6 Å². The van der Waals surface area contributed by atoms with E-state index in [1.165, 1.54) is 0 Å². The van der Waals surface area contributed by atoms with E-state index in [1.54, 1.807) is 47.3 Å². The largest absolute Gasteiger partial charge is 0.339 e. The van der Waals surface area contributed by atoms with Gasteiger partial charge in [-0.2, -0.15) is 5.10 Å². The number of nitrogens with zero attached hydrogens (tertiary/aromatic N) is 3. The SMILES string of the molecule is O=C(Nc1ccc(C(=O)N2CCCC2)cc1)c1cn(Cc2ccccc2)nc1-c1ccc(Cl)cc1. The van der Waals surface area contributed by atoms with Crippen molar-refractivity contribution < 1.29 is 9.59 Å². The normalized spacial score (nSPS) is 13.1. The Kier molecular flexibility index (Phi) is 6.64. The summed E-state index contributed by atoms with van der Waals surface area (Å²) in [5.74, 6) is -0.236. The molecule has 5 rings (SSSR count). The zero-order valence-electron chi connectivity index (χ0n) is 19.2. The van der Waals surface area contributed by atoms with Crippen molar-refractivity contribution >= 4 is 29.1 Å². The standard InChI is InChI=1S/C28H25ClN4O2/c29-23-12-8-21(9-13-23)26-25(19-33(31-26)18-20-6-2-1-3-7-20)27(34)30-24-14-10-22(11-15-24)28(35)32-16-4-5-17-32/h1-3,6-15,19H,4-5,16-18H2,(H,30,34). The Hall–Kier alpha value is -3.90. The molecule has 1 aliphatic rings. The van der Waals surface area contributed by atoms with Gasteiger partial charge in [0.25, 0.3) is 11.8 Å². The van der Waals surface area contributed by atoms with E-state index in [1.807, 2.05) is 47.4 Å². The Balaban J connectivity index is 1.38. The van der Waals surface area contributed by atoms with Gasteiger partial charge < -0.3 is 10.2 Å². The minimum Gasteiger partial charge on any atom is -0.339 e. The van der Waals surface area contributed by atoms with Crippen LogP contribution in [0.5, 0.6) is 0 Å². The van der Waals surface area contributed by atoms with Gasteiger partial charge in [0.1, 0.15) is 5.69 Å². The van der Waals surface area contributed by atoms with Crippen LogP contribution in [0.3, 0.4) is 0 Å². The molecule has 0 bridgehead atoms. The molecule has 1 N–H and O–H groups in total. The summed E-state index contributed by atoms with van der Waals surface area (Å²) in [6.07, 6.45) is 3.86. The van der Waals surface area contributed by atoms with Crippen molar-refractivity contribution in [2.75, 3.05) is 18.4 Å². The predicted octanol–water partition coefficient (Wildman–Crippen LogP) is 5.74. The summed E-state index contributed by atoms with van der Waals surface area (Å²) in [5.41, 5.74) is 4.17. The van der Waals surface area contributed by atoms with Crippen molar-refractivity contribution in [3.63, 3.8) is 0 Å².